The number of piperidine rings is 1. The lowest BCUT2D eigenvalue weighted by molar-refractivity contribution is 0.0351. The van der Waals surface area contributed by atoms with Crippen molar-refractivity contribution in [3.05, 3.63) is 0 Å². The Morgan fingerprint density at radius 3 is 2.26 bits per heavy atom. The highest BCUT2D eigenvalue weighted by atomic mass is 15.2. The van der Waals surface area contributed by atoms with Crippen molar-refractivity contribution in [1.29, 1.82) is 0 Å². The molecular formula is C17H32N2. The summed E-state index contributed by atoms with van der Waals surface area (Å²) in [6.45, 7) is 7.38. The zero-order valence-electron chi connectivity index (χ0n) is 13.3. The Balaban J connectivity index is 1.62. The lowest BCUT2D eigenvalue weighted by Crippen LogP contribution is -2.53. The zero-order chi connectivity index (χ0) is 13.6. The van der Waals surface area contributed by atoms with E-state index in [1.54, 1.807) is 0 Å². The molecule has 0 aromatic carbocycles. The third-order valence-electron chi connectivity index (χ3n) is 6.20. The molecule has 1 saturated carbocycles. The summed E-state index contributed by atoms with van der Waals surface area (Å²) in [6.07, 6.45) is 9.83. The number of nitrogens with one attached hydrogen (secondary N) is 1. The van der Waals surface area contributed by atoms with Gasteiger partial charge in [0.1, 0.15) is 0 Å². The van der Waals surface area contributed by atoms with Gasteiger partial charge in [0, 0.05) is 24.2 Å². The molecule has 0 aromatic heterocycles. The number of fused-ring (bicyclic) bond motifs is 2. The van der Waals surface area contributed by atoms with Crippen molar-refractivity contribution in [2.75, 3.05) is 7.05 Å². The van der Waals surface area contributed by atoms with Gasteiger partial charge in [0.2, 0.25) is 0 Å². The second kappa shape index (κ2) is 5.04. The molecule has 0 radical (unpaired) electrons. The Kier molecular flexibility index (Phi) is 3.68. The van der Waals surface area contributed by atoms with Crippen molar-refractivity contribution >= 4 is 0 Å². The molecule has 110 valence electrons. The monoisotopic (exact) mass is 264 g/mol. The minimum absolute atomic E-state index is 0.573. The zero-order valence-corrected chi connectivity index (χ0v) is 13.3. The van der Waals surface area contributed by atoms with Gasteiger partial charge in [-0.1, -0.05) is 20.8 Å². The van der Waals surface area contributed by atoms with E-state index in [9.17, 15) is 0 Å². The molecule has 2 aliphatic heterocycles. The molecule has 3 aliphatic rings. The first-order valence-electron chi connectivity index (χ1n) is 8.42. The van der Waals surface area contributed by atoms with Crippen molar-refractivity contribution in [3.63, 3.8) is 0 Å². The predicted octanol–water partition coefficient (Wildman–Crippen LogP) is 3.42. The normalized spacial score (nSPS) is 45.6. The van der Waals surface area contributed by atoms with E-state index in [0.29, 0.717) is 5.41 Å². The summed E-state index contributed by atoms with van der Waals surface area (Å²) in [4.78, 5) is 2.77. The van der Waals surface area contributed by atoms with Crippen LogP contribution in [0.15, 0.2) is 0 Å². The fourth-order valence-corrected chi connectivity index (χ4v) is 5.17. The van der Waals surface area contributed by atoms with Crippen LogP contribution in [0.2, 0.25) is 0 Å². The van der Waals surface area contributed by atoms with Crippen LogP contribution in [0.25, 0.3) is 0 Å². The smallest absolute Gasteiger partial charge is 0.0125 e. The van der Waals surface area contributed by atoms with E-state index < -0.39 is 0 Å². The van der Waals surface area contributed by atoms with Gasteiger partial charge in [-0.25, -0.2) is 0 Å². The molecule has 3 rings (SSSR count). The van der Waals surface area contributed by atoms with Crippen LogP contribution in [0.4, 0.5) is 0 Å². The molecule has 2 heteroatoms. The van der Waals surface area contributed by atoms with Gasteiger partial charge in [0.05, 0.1) is 0 Å². The molecule has 1 aliphatic carbocycles. The van der Waals surface area contributed by atoms with Gasteiger partial charge in [-0.05, 0) is 63.3 Å². The van der Waals surface area contributed by atoms with Crippen LogP contribution in [-0.2, 0) is 0 Å². The lowest BCUT2D eigenvalue weighted by atomic mass is 9.70. The maximum Gasteiger partial charge on any atom is 0.0125 e. The van der Waals surface area contributed by atoms with Crippen LogP contribution in [0.5, 0.6) is 0 Å². The third kappa shape index (κ3) is 2.85. The molecule has 4 atom stereocenters. The van der Waals surface area contributed by atoms with Gasteiger partial charge in [-0.15, -0.1) is 0 Å². The Bertz CT molecular complexity index is 313. The highest BCUT2D eigenvalue weighted by molar-refractivity contribution is 4.98. The largest absolute Gasteiger partial charge is 0.311 e. The quantitative estimate of drug-likeness (QED) is 0.822. The summed E-state index contributed by atoms with van der Waals surface area (Å²) in [5.41, 5.74) is 0.573. The maximum atomic E-state index is 3.78. The summed E-state index contributed by atoms with van der Waals surface area (Å²) in [6, 6.07) is 3.31. The van der Waals surface area contributed by atoms with Crippen molar-refractivity contribution < 1.29 is 0 Å². The van der Waals surface area contributed by atoms with Gasteiger partial charge >= 0.3 is 0 Å². The van der Waals surface area contributed by atoms with E-state index >= 15 is 0 Å². The second-order valence-electron chi connectivity index (χ2n) is 8.38. The number of hydrogen-bond acceptors (Lipinski definition) is 2. The highest BCUT2D eigenvalue weighted by Crippen LogP contribution is 2.41. The topological polar surface area (TPSA) is 15.3 Å². The van der Waals surface area contributed by atoms with Crippen LogP contribution < -0.4 is 5.32 Å². The Morgan fingerprint density at radius 1 is 1.05 bits per heavy atom. The van der Waals surface area contributed by atoms with Gasteiger partial charge in [-0.2, -0.15) is 0 Å². The fourth-order valence-electron chi connectivity index (χ4n) is 5.17. The van der Waals surface area contributed by atoms with Crippen LogP contribution in [0.1, 0.15) is 65.7 Å². The van der Waals surface area contributed by atoms with E-state index in [1.165, 1.54) is 44.9 Å². The van der Waals surface area contributed by atoms with Crippen molar-refractivity contribution in [1.82, 2.24) is 10.2 Å². The average Bonchev–Trinajstić information content (AvgIpc) is 2.66. The van der Waals surface area contributed by atoms with E-state index in [1.807, 2.05) is 0 Å². The summed E-state index contributed by atoms with van der Waals surface area (Å²) in [5.74, 6) is 0.862. The molecule has 2 heterocycles. The molecule has 0 amide bonds. The van der Waals surface area contributed by atoms with E-state index in [4.69, 9.17) is 0 Å². The molecule has 2 nitrogen and oxygen atoms in total. The molecule has 0 aromatic rings. The highest BCUT2D eigenvalue weighted by Gasteiger charge is 2.40. The lowest BCUT2D eigenvalue weighted by Gasteiger charge is -2.47. The molecule has 4 unspecified atom stereocenters. The minimum Gasteiger partial charge on any atom is -0.311 e. The van der Waals surface area contributed by atoms with Crippen LogP contribution in [0, 0.1) is 11.3 Å². The van der Waals surface area contributed by atoms with E-state index in [-0.39, 0.29) is 0 Å². The minimum atomic E-state index is 0.573. The SMILES string of the molecule is CC1CC(C)(C)CCC1N(C)C1CC2CCC(C1)N2. The summed E-state index contributed by atoms with van der Waals surface area (Å²) in [5, 5.41) is 3.78. The molecule has 0 spiro atoms. The van der Waals surface area contributed by atoms with E-state index in [0.717, 1.165) is 30.1 Å². The summed E-state index contributed by atoms with van der Waals surface area (Å²) >= 11 is 0. The number of nitrogens with zero attached hydrogens (tertiary/aromatic N) is 1. The Morgan fingerprint density at radius 2 is 1.68 bits per heavy atom. The van der Waals surface area contributed by atoms with Crippen molar-refractivity contribution in [3.8, 4) is 0 Å². The van der Waals surface area contributed by atoms with Crippen LogP contribution in [-0.4, -0.2) is 36.1 Å². The molecule has 3 fully saturated rings. The molecule has 19 heavy (non-hydrogen) atoms. The number of rotatable bonds is 2. The molecule has 2 bridgehead atoms. The Labute approximate surface area is 119 Å². The van der Waals surface area contributed by atoms with Crippen LogP contribution >= 0.6 is 0 Å². The second-order valence-corrected chi connectivity index (χ2v) is 8.38. The first-order valence-corrected chi connectivity index (χ1v) is 8.42. The van der Waals surface area contributed by atoms with Crippen LogP contribution in [0.3, 0.4) is 0 Å². The Hall–Kier alpha value is -0.0800. The molecular weight excluding hydrogens is 232 g/mol. The standard InChI is InChI=1S/C17H32N2/c1-12-11-17(2,3)8-7-16(12)19(4)15-9-13-5-6-14(10-15)18-13/h12-16,18H,5-11H2,1-4H3. The summed E-state index contributed by atoms with van der Waals surface area (Å²) in [7, 11) is 2.41. The van der Waals surface area contributed by atoms with Gasteiger partial charge in [0.25, 0.3) is 0 Å². The summed E-state index contributed by atoms with van der Waals surface area (Å²) < 4.78 is 0. The predicted molar refractivity (Wildman–Crippen MR) is 81.3 cm³/mol. The van der Waals surface area contributed by atoms with Gasteiger partial charge < -0.3 is 10.2 Å². The van der Waals surface area contributed by atoms with Crippen molar-refractivity contribution in [2.45, 2.75) is 89.9 Å². The van der Waals surface area contributed by atoms with Gasteiger partial charge in [-0.3, -0.25) is 0 Å². The molecule has 1 N–H and O–H groups in total. The average molecular weight is 264 g/mol. The fraction of sp³-hybridized carbons (Fsp3) is 1.00. The third-order valence-corrected chi connectivity index (χ3v) is 6.20. The van der Waals surface area contributed by atoms with Gasteiger partial charge in [0.15, 0.2) is 0 Å². The van der Waals surface area contributed by atoms with Crippen molar-refractivity contribution in [2.24, 2.45) is 11.3 Å². The molecule has 2 saturated heterocycles. The first-order chi connectivity index (χ1) is 8.94. The first kappa shape index (κ1) is 13.9. The van der Waals surface area contributed by atoms with E-state index in [2.05, 4.69) is 38.0 Å². The maximum absolute atomic E-state index is 3.78. The number of hydrogen-bond donors (Lipinski definition) is 1.